The van der Waals surface area contributed by atoms with Gasteiger partial charge in [-0.05, 0) is 105 Å². The van der Waals surface area contributed by atoms with Gasteiger partial charge in [-0.1, -0.05) is 132 Å². The molecule has 0 aliphatic carbocycles. The van der Waals surface area contributed by atoms with E-state index >= 15 is 0 Å². The van der Waals surface area contributed by atoms with E-state index in [4.69, 9.17) is 23.2 Å². The van der Waals surface area contributed by atoms with Gasteiger partial charge < -0.3 is 20.4 Å². The molecule has 0 atom stereocenters. The van der Waals surface area contributed by atoms with Gasteiger partial charge in [0.1, 0.15) is 0 Å². The Balaban J connectivity index is 0.000000194. The highest BCUT2D eigenvalue weighted by Gasteiger charge is 2.37. The van der Waals surface area contributed by atoms with Crippen molar-refractivity contribution in [1.29, 1.82) is 0 Å². The quantitative estimate of drug-likeness (QED) is 0.186. The summed E-state index contributed by atoms with van der Waals surface area (Å²) in [5.74, 6) is 1.89. The molecule has 8 heteroatoms. The van der Waals surface area contributed by atoms with Crippen molar-refractivity contribution in [2.24, 2.45) is 11.8 Å². The minimum atomic E-state index is -0.215. The zero-order valence-electron chi connectivity index (χ0n) is 36.4. The molecule has 6 nitrogen and oxygen atoms in total. The van der Waals surface area contributed by atoms with E-state index in [2.05, 4.69) is 104 Å². The Kier molecular flexibility index (Phi) is 17.6. The highest BCUT2D eigenvalue weighted by molar-refractivity contribution is 6.42. The minimum Gasteiger partial charge on any atom is -0.329 e. The molecule has 0 radical (unpaired) electrons. The average Bonchev–Trinajstić information content (AvgIpc) is 3.91. The van der Waals surface area contributed by atoms with Crippen LogP contribution in [0.1, 0.15) is 137 Å². The maximum absolute atomic E-state index is 12.1. The van der Waals surface area contributed by atoms with E-state index in [0.29, 0.717) is 10.0 Å². The molecule has 57 heavy (non-hydrogen) atoms. The second-order valence-electron chi connectivity index (χ2n) is 18.0. The predicted octanol–water partition coefficient (Wildman–Crippen LogP) is 12.6. The van der Waals surface area contributed by atoms with Crippen LogP contribution in [0, 0.1) is 11.8 Å². The van der Waals surface area contributed by atoms with E-state index in [1.54, 1.807) is 4.90 Å². The first kappa shape index (κ1) is 47.4. The molecule has 4 aromatic carbocycles. The first-order chi connectivity index (χ1) is 26.6. The molecule has 0 aromatic heterocycles. The van der Waals surface area contributed by atoms with Crippen LogP contribution in [0.3, 0.4) is 0 Å². The summed E-state index contributed by atoms with van der Waals surface area (Å²) in [4.78, 5) is 27.8. The number of hydrogen-bond acceptors (Lipinski definition) is 4. The molecule has 4 aliphatic heterocycles. The van der Waals surface area contributed by atoms with Crippen molar-refractivity contribution < 1.29 is 9.59 Å². The summed E-state index contributed by atoms with van der Waals surface area (Å²) in [7, 11) is 0. The number of benzene rings is 4. The fraction of sp³-hybridized carbons (Fsp3) is 0.429. The molecule has 0 fully saturated rings. The monoisotopic (exact) mass is 812 g/mol. The normalized spacial score (nSPS) is 14.7. The van der Waals surface area contributed by atoms with Crippen LogP contribution in [-0.4, -0.2) is 32.7 Å². The van der Waals surface area contributed by atoms with E-state index in [9.17, 15) is 9.59 Å². The van der Waals surface area contributed by atoms with Crippen LogP contribution in [-0.2, 0) is 32.7 Å². The molecule has 8 rings (SSSR count). The molecular weight excluding hydrogens is 747 g/mol. The lowest BCUT2D eigenvalue weighted by Crippen LogP contribution is -2.41. The largest absolute Gasteiger partial charge is 0.329 e. The van der Waals surface area contributed by atoms with Crippen LogP contribution in [0.5, 0.6) is 0 Å². The van der Waals surface area contributed by atoms with Crippen LogP contribution in [0.15, 0.2) is 91.5 Å². The number of rotatable bonds is 0. The second kappa shape index (κ2) is 21.2. The number of fused-ring (bicyclic) bond motifs is 4. The first-order valence-corrected chi connectivity index (χ1v) is 20.9. The van der Waals surface area contributed by atoms with Gasteiger partial charge in [0, 0.05) is 66.2 Å². The molecule has 0 saturated heterocycles. The molecule has 2 amide bonds. The maximum Gasteiger partial charge on any atom is 0.259 e. The summed E-state index contributed by atoms with van der Waals surface area (Å²) in [5, 5.41) is 7.81. The minimum absolute atomic E-state index is 0.0584. The van der Waals surface area contributed by atoms with Crippen molar-refractivity contribution in [3.05, 3.63) is 146 Å². The Labute approximate surface area is 354 Å². The SMILES string of the molecule is C=C1c2ccccc2C(=O)N1C(C)(C)C.CC(C)(C)N1Cc2ccccc2C1=O.CC(C)C.CC(C)C.Clc1cc2c(cc1Cl)CNC2.c1ccc2c(c1)CNC2. The van der Waals surface area contributed by atoms with Crippen LogP contribution < -0.4 is 10.6 Å². The number of hydrogen-bond donors (Lipinski definition) is 2. The van der Waals surface area contributed by atoms with Gasteiger partial charge in [-0.2, -0.15) is 0 Å². The van der Waals surface area contributed by atoms with E-state index < -0.39 is 0 Å². The molecule has 0 spiro atoms. The summed E-state index contributed by atoms with van der Waals surface area (Å²) < 4.78 is 0. The number of halogens is 2. The third kappa shape index (κ3) is 13.8. The fourth-order valence-electron chi connectivity index (χ4n) is 6.31. The molecule has 2 N–H and O–H groups in total. The second-order valence-corrected chi connectivity index (χ2v) is 18.8. The van der Waals surface area contributed by atoms with Crippen LogP contribution in [0.4, 0.5) is 0 Å². The summed E-state index contributed by atoms with van der Waals surface area (Å²) in [6, 6.07) is 27.8. The van der Waals surface area contributed by atoms with Crippen LogP contribution in [0.2, 0.25) is 10.0 Å². The van der Waals surface area contributed by atoms with Gasteiger partial charge in [0.25, 0.3) is 11.8 Å². The molecule has 0 bridgehead atoms. The molecule has 4 aromatic rings. The van der Waals surface area contributed by atoms with Crippen molar-refractivity contribution in [2.45, 2.75) is 127 Å². The highest BCUT2D eigenvalue weighted by atomic mass is 35.5. The summed E-state index contributed by atoms with van der Waals surface area (Å²) in [5.41, 5.74) is 9.67. The van der Waals surface area contributed by atoms with Gasteiger partial charge in [0.15, 0.2) is 0 Å². The lowest BCUT2D eigenvalue weighted by atomic mass is 10.1. The molecule has 4 aliphatic rings. The molecule has 4 heterocycles. The van der Waals surface area contributed by atoms with Gasteiger partial charge in [-0.15, -0.1) is 0 Å². The summed E-state index contributed by atoms with van der Waals surface area (Å²) in [6.07, 6.45) is 0. The Bertz CT molecular complexity index is 1870. The standard InChI is InChI=1S/C13H15NO.C12H15NO.C8H7Cl2N.C8H9N.2C4H10/c1-9-10-7-5-6-8-11(10)12(15)14(9)13(2,3)4;1-12(2,3)13-8-9-6-4-5-7-10(9)11(13)14;9-7-1-5-3-11-4-6(5)2-8(7)10;1-2-4-8-6-9-5-7(8)3-1;2*1-4(2)3/h5-8H,1H2,2-4H3;4-7H,8H2,1-3H3;1-2,11H,3-4H2;1-4,9H,5-6H2;2*4H,1-3H3. The zero-order valence-corrected chi connectivity index (χ0v) is 38.0. The lowest BCUT2D eigenvalue weighted by molar-refractivity contribution is 0.0609. The van der Waals surface area contributed by atoms with Crippen molar-refractivity contribution in [2.75, 3.05) is 0 Å². The molecular formula is C49H66Cl2N4O2. The van der Waals surface area contributed by atoms with E-state index in [0.717, 1.165) is 72.5 Å². The smallest absolute Gasteiger partial charge is 0.259 e. The van der Waals surface area contributed by atoms with Gasteiger partial charge >= 0.3 is 0 Å². The average molecular weight is 814 g/mol. The fourth-order valence-corrected chi connectivity index (χ4v) is 6.69. The first-order valence-electron chi connectivity index (χ1n) is 20.1. The Morgan fingerprint density at radius 2 is 0.912 bits per heavy atom. The van der Waals surface area contributed by atoms with Crippen LogP contribution >= 0.6 is 23.2 Å². The van der Waals surface area contributed by atoms with Gasteiger partial charge in [0.2, 0.25) is 0 Å². The maximum atomic E-state index is 12.1. The molecule has 308 valence electrons. The number of amides is 2. The van der Waals surface area contributed by atoms with Gasteiger partial charge in [-0.3, -0.25) is 9.59 Å². The van der Waals surface area contributed by atoms with E-state index in [1.165, 1.54) is 22.3 Å². The topological polar surface area (TPSA) is 64.7 Å². The number of carbonyl (C=O) groups excluding carboxylic acids is 2. The Morgan fingerprint density at radius 1 is 0.544 bits per heavy atom. The van der Waals surface area contributed by atoms with Crippen molar-refractivity contribution in [3.63, 3.8) is 0 Å². The van der Waals surface area contributed by atoms with Crippen molar-refractivity contribution in [1.82, 2.24) is 20.4 Å². The Morgan fingerprint density at radius 3 is 1.30 bits per heavy atom. The zero-order chi connectivity index (χ0) is 42.7. The predicted molar refractivity (Wildman–Crippen MR) is 242 cm³/mol. The highest BCUT2D eigenvalue weighted by Crippen LogP contribution is 2.36. The van der Waals surface area contributed by atoms with Gasteiger partial charge in [-0.25, -0.2) is 0 Å². The van der Waals surface area contributed by atoms with E-state index in [-0.39, 0.29) is 22.9 Å². The summed E-state index contributed by atoms with van der Waals surface area (Å²) in [6.45, 7) is 33.9. The third-order valence-corrected chi connectivity index (χ3v) is 9.59. The third-order valence-electron chi connectivity index (χ3n) is 8.87. The Hall–Kier alpha value is -3.94. The van der Waals surface area contributed by atoms with Crippen molar-refractivity contribution >= 4 is 40.7 Å². The van der Waals surface area contributed by atoms with Crippen LogP contribution in [0.25, 0.3) is 5.70 Å². The van der Waals surface area contributed by atoms with Gasteiger partial charge in [0.05, 0.1) is 10.0 Å². The summed E-state index contributed by atoms with van der Waals surface area (Å²) >= 11 is 11.7. The lowest BCUT2D eigenvalue weighted by Gasteiger charge is -2.32. The number of nitrogens with one attached hydrogen (secondary N) is 2. The molecule has 0 saturated carbocycles. The van der Waals surface area contributed by atoms with E-state index in [1.807, 2.05) is 86.3 Å². The molecule has 0 unspecified atom stereocenters. The number of carbonyl (C=O) groups is 2. The number of nitrogens with zero attached hydrogens (tertiary/aromatic N) is 2. The van der Waals surface area contributed by atoms with Crippen molar-refractivity contribution in [3.8, 4) is 0 Å².